The van der Waals surface area contributed by atoms with E-state index in [1.165, 1.54) is 30.5 Å². The number of hydrogen-bond donors (Lipinski definition) is 0. The summed E-state index contributed by atoms with van der Waals surface area (Å²) in [5.41, 5.74) is -0.280. The lowest BCUT2D eigenvalue weighted by molar-refractivity contribution is 0.111. The van der Waals surface area contributed by atoms with Gasteiger partial charge in [-0.25, -0.2) is 18.1 Å². The van der Waals surface area contributed by atoms with Gasteiger partial charge in [-0.15, -0.1) is 0 Å². The van der Waals surface area contributed by atoms with Gasteiger partial charge in [0.05, 0.1) is 4.90 Å². The molecule has 0 saturated heterocycles. The molecule has 3 aromatic rings. The van der Waals surface area contributed by atoms with E-state index in [4.69, 9.17) is 0 Å². The molecule has 0 N–H and O–H groups in total. The van der Waals surface area contributed by atoms with Gasteiger partial charge < -0.3 is 0 Å². The molecule has 6 nitrogen and oxygen atoms in total. The Morgan fingerprint density at radius 3 is 2.48 bits per heavy atom. The second kappa shape index (κ2) is 5.73. The summed E-state index contributed by atoms with van der Waals surface area (Å²) in [4.78, 5) is 14.5. The molecule has 0 aliphatic carbocycles. The normalized spacial score (nSPS) is 11.3. The maximum atomic E-state index is 13.9. The summed E-state index contributed by atoms with van der Waals surface area (Å²) in [6.45, 7) is 0. The molecule has 0 fully saturated rings. The SMILES string of the molecule is O=Cc1cc(S(=O)(=O)c2ccccc2)n(-c2cccnc2F)n1. The molecule has 3 rings (SSSR count). The number of sulfone groups is 1. The number of aromatic nitrogens is 3. The lowest BCUT2D eigenvalue weighted by atomic mass is 10.4. The van der Waals surface area contributed by atoms with Crippen molar-refractivity contribution in [1.29, 1.82) is 0 Å². The molecule has 0 aliphatic heterocycles. The number of nitrogens with zero attached hydrogens (tertiary/aromatic N) is 3. The predicted molar refractivity (Wildman–Crippen MR) is 78.6 cm³/mol. The molecule has 8 heteroatoms. The molecule has 0 atom stereocenters. The van der Waals surface area contributed by atoms with Crippen LogP contribution in [0.1, 0.15) is 10.5 Å². The van der Waals surface area contributed by atoms with Crippen LogP contribution < -0.4 is 0 Å². The van der Waals surface area contributed by atoms with Crippen LogP contribution in [-0.4, -0.2) is 29.5 Å². The minimum absolute atomic E-state index is 0.0166. The van der Waals surface area contributed by atoms with E-state index in [-0.39, 0.29) is 21.3 Å². The summed E-state index contributed by atoms with van der Waals surface area (Å²) in [5.74, 6) is -0.891. The second-order valence-corrected chi connectivity index (χ2v) is 6.46. The molecule has 1 aromatic carbocycles. The number of benzene rings is 1. The summed E-state index contributed by atoms with van der Waals surface area (Å²) < 4.78 is 40.3. The molecule has 0 radical (unpaired) electrons. The Kier molecular flexibility index (Phi) is 3.75. The van der Waals surface area contributed by atoms with Crippen molar-refractivity contribution in [3.8, 4) is 5.69 Å². The zero-order valence-electron chi connectivity index (χ0n) is 11.6. The molecule has 116 valence electrons. The molecule has 0 aliphatic rings. The number of rotatable bonds is 4. The van der Waals surface area contributed by atoms with Crippen LogP contribution in [0.5, 0.6) is 0 Å². The molecular weight excluding hydrogens is 321 g/mol. The van der Waals surface area contributed by atoms with Gasteiger partial charge in [0.1, 0.15) is 11.4 Å². The second-order valence-electron chi connectivity index (χ2n) is 4.57. The van der Waals surface area contributed by atoms with Crippen molar-refractivity contribution in [2.75, 3.05) is 0 Å². The Bertz CT molecular complexity index is 969. The number of pyridine rings is 1. The molecule has 2 heterocycles. The smallest absolute Gasteiger partial charge is 0.238 e. The van der Waals surface area contributed by atoms with Crippen LogP contribution in [-0.2, 0) is 9.84 Å². The Morgan fingerprint density at radius 1 is 1.09 bits per heavy atom. The van der Waals surface area contributed by atoms with E-state index in [2.05, 4.69) is 10.1 Å². The van der Waals surface area contributed by atoms with Crippen LogP contribution in [0.25, 0.3) is 5.69 Å². The van der Waals surface area contributed by atoms with E-state index < -0.39 is 15.8 Å². The van der Waals surface area contributed by atoms with Crippen LogP contribution >= 0.6 is 0 Å². The van der Waals surface area contributed by atoms with Gasteiger partial charge in [-0.1, -0.05) is 18.2 Å². The van der Waals surface area contributed by atoms with Crippen molar-refractivity contribution in [2.45, 2.75) is 9.92 Å². The zero-order valence-corrected chi connectivity index (χ0v) is 12.4. The molecular formula is C15H10FN3O3S. The maximum absolute atomic E-state index is 13.9. The van der Waals surface area contributed by atoms with Crippen LogP contribution in [0.15, 0.2) is 64.6 Å². The van der Waals surface area contributed by atoms with Gasteiger partial charge in [-0.2, -0.15) is 9.49 Å². The first kappa shape index (κ1) is 15.0. The highest BCUT2D eigenvalue weighted by Gasteiger charge is 2.26. The fourth-order valence-electron chi connectivity index (χ4n) is 2.06. The summed E-state index contributed by atoms with van der Waals surface area (Å²) >= 11 is 0. The molecule has 0 saturated carbocycles. The monoisotopic (exact) mass is 331 g/mol. The molecule has 0 spiro atoms. The van der Waals surface area contributed by atoms with Crippen molar-refractivity contribution >= 4 is 16.1 Å². The Hall–Kier alpha value is -2.87. The lowest BCUT2D eigenvalue weighted by Crippen LogP contribution is -2.11. The summed E-state index contributed by atoms with van der Waals surface area (Å²) in [5, 5.41) is 3.53. The van der Waals surface area contributed by atoms with E-state index in [9.17, 15) is 17.6 Å². The third-order valence-electron chi connectivity index (χ3n) is 3.11. The highest BCUT2D eigenvalue weighted by molar-refractivity contribution is 7.91. The van der Waals surface area contributed by atoms with Crippen molar-refractivity contribution in [1.82, 2.24) is 14.8 Å². The zero-order chi connectivity index (χ0) is 16.4. The molecule has 0 bridgehead atoms. The topological polar surface area (TPSA) is 81.9 Å². The molecule has 23 heavy (non-hydrogen) atoms. The highest BCUT2D eigenvalue weighted by atomic mass is 32.2. The van der Waals surface area contributed by atoms with Gasteiger partial charge >= 0.3 is 0 Å². The maximum Gasteiger partial charge on any atom is 0.238 e. The first-order valence-electron chi connectivity index (χ1n) is 6.50. The van der Waals surface area contributed by atoms with E-state index in [1.807, 2.05) is 0 Å². The number of carbonyl (C=O) groups excluding carboxylic acids is 1. The Balaban J connectivity index is 2.27. The average Bonchev–Trinajstić information content (AvgIpc) is 3.01. The first-order chi connectivity index (χ1) is 11.0. The fraction of sp³-hybridized carbons (Fsp3) is 0. The largest absolute Gasteiger partial charge is 0.296 e. The van der Waals surface area contributed by atoms with Crippen LogP contribution in [0, 0.1) is 5.95 Å². The van der Waals surface area contributed by atoms with Crippen molar-refractivity contribution in [2.24, 2.45) is 0 Å². The number of aldehydes is 1. The summed E-state index contributed by atoms with van der Waals surface area (Å²) in [6.07, 6.45) is 1.63. The quantitative estimate of drug-likeness (QED) is 0.540. The Morgan fingerprint density at radius 2 is 1.83 bits per heavy atom. The van der Waals surface area contributed by atoms with Crippen molar-refractivity contribution < 1.29 is 17.6 Å². The third-order valence-corrected chi connectivity index (χ3v) is 4.85. The van der Waals surface area contributed by atoms with Gasteiger partial charge in [0.25, 0.3) is 0 Å². The summed E-state index contributed by atoms with van der Waals surface area (Å²) in [6, 6.07) is 11.5. The first-order valence-corrected chi connectivity index (χ1v) is 7.98. The van der Waals surface area contributed by atoms with Gasteiger partial charge in [0.2, 0.25) is 15.8 Å². The standard InChI is InChI=1S/C15H10FN3O3S/c16-15-13(7-4-8-17-15)19-14(9-11(10-20)18-19)23(21,22)12-5-2-1-3-6-12/h1-10H. The van der Waals surface area contributed by atoms with E-state index in [0.29, 0.717) is 6.29 Å². The van der Waals surface area contributed by atoms with Crippen molar-refractivity contribution in [3.63, 3.8) is 0 Å². The van der Waals surface area contributed by atoms with Gasteiger partial charge in [-0.05, 0) is 24.3 Å². The van der Waals surface area contributed by atoms with E-state index in [0.717, 1.165) is 10.7 Å². The molecule has 2 aromatic heterocycles. The predicted octanol–water partition coefficient (Wildman–Crippen LogP) is 2.05. The van der Waals surface area contributed by atoms with Crippen LogP contribution in [0.2, 0.25) is 0 Å². The van der Waals surface area contributed by atoms with Gasteiger partial charge in [0, 0.05) is 12.3 Å². The number of halogens is 1. The average molecular weight is 331 g/mol. The molecule has 0 unspecified atom stereocenters. The molecule has 0 amide bonds. The summed E-state index contributed by atoms with van der Waals surface area (Å²) in [7, 11) is -3.98. The van der Waals surface area contributed by atoms with E-state index in [1.54, 1.807) is 18.2 Å². The third kappa shape index (κ3) is 2.64. The highest BCUT2D eigenvalue weighted by Crippen LogP contribution is 2.24. The number of carbonyl (C=O) groups is 1. The lowest BCUT2D eigenvalue weighted by Gasteiger charge is -2.08. The minimum atomic E-state index is -3.98. The Labute approximate surface area is 131 Å². The van der Waals surface area contributed by atoms with Crippen LogP contribution in [0.3, 0.4) is 0 Å². The van der Waals surface area contributed by atoms with Gasteiger partial charge in [0.15, 0.2) is 11.3 Å². The van der Waals surface area contributed by atoms with Gasteiger partial charge in [-0.3, -0.25) is 4.79 Å². The van der Waals surface area contributed by atoms with Crippen molar-refractivity contribution in [3.05, 3.63) is 66.4 Å². The minimum Gasteiger partial charge on any atom is -0.296 e. The number of hydrogen-bond acceptors (Lipinski definition) is 5. The van der Waals surface area contributed by atoms with Crippen LogP contribution in [0.4, 0.5) is 4.39 Å². The van der Waals surface area contributed by atoms with E-state index >= 15 is 0 Å². The fourth-order valence-corrected chi connectivity index (χ4v) is 3.46.